The number of carbonyl (C=O) groups is 1. The Morgan fingerprint density at radius 3 is 2.50 bits per heavy atom. The van der Waals surface area contributed by atoms with Crippen molar-refractivity contribution in [1.29, 1.82) is 0 Å². The summed E-state index contributed by atoms with van der Waals surface area (Å²) in [7, 11) is 3.45. The van der Waals surface area contributed by atoms with Gasteiger partial charge in [0.05, 0.1) is 7.11 Å². The van der Waals surface area contributed by atoms with Gasteiger partial charge in [-0.1, -0.05) is 18.2 Å². The lowest BCUT2D eigenvalue weighted by molar-refractivity contribution is 0.0784. The molecular weight excluding hydrogens is 276 g/mol. The van der Waals surface area contributed by atoms with Gasteiger partial charge in [-0.3, -0.25) is 4.79 Å². The Morgan fingerprint density at radius 1 is 1.14 bits per heavy atom. The minimum atomic E-state index is -0.0294. The number of anilines is 1. The average molecular weight is 298 g/mol. The third-order valence-corrected chi connectivity index (χ3v) is 3.72. The van der Waals surface area contributed by atoms with E-state index in [1.54, 1.807) is 31.2 Å². The molecule has 0 spiro atoms. The summed E-state index contributed by atoms with van der Waals surface area (Å²) in [5, 5.41) is 0. The summed E-state index contributed by atoms with van der Waals surface area (Å²) < 4.78 is 5.26. The van der Waals surface area contributed by atoms with E-state index >= 15 is 0 Å². The van der Waals surface area contributed by atoms with E-state index in [4.69, 9.17) is 10.5 Å². The van der Waals surface area contributed by atoms with Crippen molar-refractivity contribution < 1.29 is 9.53 Å². The Balaban J connectivity index is 2.18. The number of nitrogens with two attached hydrogens (primary N) is 1. The highest BCUT2D eigenvalue weighted by Gasteiger charge is 2.15. The highest BCUT2D eigenvalue weighted by Crippen LogP contribution is 2.20. The Morgan fingerprint density at radius 2 is 1.86 bits per heavy atom. The number of nitrogen functional groups attached to an aromatic ring is 1. The molecule has 0 aromatic heterocycles. The average Bonchev–Trinajstić information content (AvgIpc) is 2.49. The van der Waals surface area contributed by atoms with Crippen LogP contribution in [0.2, 0.25) is 0 Å². The largest absolute Gasteiger partial charge is 0.496 e. The molecule has 0 atom stereocenters. The number of amides is 1. The van der Waals surface area contributed by atoms with Gasteiger partial charge in [-0.15, -0.1) is 0 Å². The normalized spacial score (nSPS) is 10.4. The summed E-state index contributed by atoms with van der Waals surface area (Å²) in [5.74, 6) is 0.822. The standard InChI is InChI=1S/C18H22N2O2/c1-12-5-7-15(19)10-16(12)18(21)20(3)11-14-6-8-17(22-4)13(2)9-14/h5-10H,11,19H2,1-4H3. The van der Waals surface area contributed by atoms with E-state index in [2.05, 4.69) is 0 Å². The summed E-state index contributed by atoms with van der Waals surface area (Å²) in [6.45, 7) is 4.45. The van der Waals surface area contributed by atoms with Crippen LogP contribution < -0.4 is 10.5 Å². The maximum absolute atomic E-state index is 12.6. The first-order chi connectivity index (χ1) is 10.4. The van der Waals surface area contributed by atoms with Crippen LogP contribution in [-0.4, -0.2) is 25.0 Å². The minimum absolute atomic E-state index is 0.0294. The lowest BCUT2D eigenvalue weighted by atomic mass is 10.1. The van der Waals surface area contributed by atoms with Crippen molar-refractivity contribution in [2.45, 2.75) is 20.4 Å². The molecule has 0 aliphatic rings. The Labute approximate surface area is 131 Å². The molecule has 2 rings (SSSR count). The number of hydrogen-bond acceptors (Lipinski definition) is 3. The van der Waals surface area contributed by atoms with Gasteiger partial charge in [0.1, 0.15) is 5.75 Å². The monoisotopic (exact) mass is 298 g/mol. The molecule has 2 aromatic rings. The SMILES string of the molecule is COc1ccc(CN(C)C(=O)c2cc(N)ccc2C)cc1C. The van der Waals surface area contributed by atoms with Gasteiger partial charge in [-0.25, -0.2) is 0 Å². The highest BCUT2D eigenvalue weighted by atomic mass is 16.5. The van der Waals surface area contributed by atoms with Crippen LogP contribution >= 0.6 is 0 Å². The second kappa shape index (κ2) is 6.52. The Bertz CT molecular complexity index is 695. The van der Waals surface area contributed by atoms with Crippen LogP contribution in [0.3, 0.4) is 0 Å². The third kappa shape index (κ3) is 3.39. The van der Waals surface area contributed by atoms with Crippen molar-refractivity contribution in [3.8, 4) is 5.75 Å². The van der Waals surface area contributed by atoms with Crippen molar-refractivity contribution in [3.05, 3.63) is 58.7 Å². The smallest absolute Gasteiger partial charge is 0.254 e. The number of ether oxygens (including phenoxy) is 1. The molecule has 2 N–H and O–H groups in total. The number of methoxy groups -OCH3 is 1. The van der Waals surface area contributed by atoms with Crippen LogP contribution in [0, 0.1) is 13.8 Å². The zero-order chi connectivity index (χ0) is 16.3. The minimum Gasteiger partial charge on any atom is -0.496 e. The molecule has 4 nitrogen and oxygen atoms in total. The van der Waals surface area contributed by atoms with Crippen LogP contribution in [0.25, 0.3) is 0 Å². The number of nitrogens with zero attached hydrogens (tertiary/aromatic N) is 1. The van der Waals surface area contributed by atoms with Crippen molar-refractivity contribution >= 4 is 11.6 Å². The summed E-state index contributed by atoms with van der Waals surface area (Å²) in [6.07, 6.45) is 0. The van der Waals surface area contributed by atoms with Crippen LogP contribution in [0.5, 0.6) is 5.75 Å². The quantitative estimate of drug-likeness (QED) is 0.882. The molecule has 0 saturated heterocycles. The van der Waals surface area contributed by atoms with E-state index in [1.807, 2.05) is 38.1 Å². The lowest BCUT2D eigenvalue weighted by Gasteiger charge is -2.19. The molecule has 2 aromatic carbocycles. The first-order valence-corrected chi connectivity index (χ1v) is 7.17. The predicted octanol–water partition coefficient (Wildman–Crippen LogP) is 3.17. The van der Waals surface area contributed by atoms with Crippen LogP contribution in [-0.2, 0) is 6.54 Å². The van der Waals surface area contributed by atoms with Crippen molar-refractivity contribution in [1.82, 2.24) is 4.90 Å². The molecule has 116 valence electrons. The van der Waals surface area contributed by atoms with Gasteiger partial charge in [0, 0.05) is 24.8 Å². The third-order valence-electron chi connectivity index (χ3n) is 3.72. The first kappa shape index (κ1) is 15.9. The van der Waals surface area contributed by atoms with Crippen molar-refractivity contribution in [2.75, 3.05) is 19.9 Å². The van der Waals surface area contributed by atoms with Gasteiger partial charge in [-0.2, -0.15) is 0 Å². The summed E-state index contributed by atoms with van der Waals surface area (Å²) >= 11 is 0. The number of benzene rings is 2. The fourth-order valence-corrected chi connectivity index (χ4v) is 2.46. The fourth-order valence-electron chi connectivity index (χ4n) is 2.46. The van der Waals surface area contributed by atoms with Gasteiger partial charge in [0.15, 0.2) is 0 Å². The molecule has 0 fully saturated rings. The van der Waals surface area contributed by atoms with Crippen LogP contribution in [0.1, 0.15) is 27.0 Å². The number of aryl methyl sites for hydroxylation is 2. The van der Waals surface area contributed by atoms with E-state index in [9.17, 15) is 4.79 Å². The van der Waals surface area contributed by atoms with Gasteiger partial charge in [-0.05, 0) is 48.7 Å². The van der Waals surface area contributed by atoms with E-state index < -0.39 is 0 Å². The molecule has 0 unspecified atom stereocenters. The summed E-state index contributed by atoms with van der Waals surface area (Å²) in [4.78, 5) is 14.3. The maximum atomic E-state index is 12.6. The molecule has 4 heteroatoms. The van der Waals surface area contributed by atoms with Crippen LogP contribution in [0.15, 0.2) is 36.4 Å². The van der Waals surface area contributed by atoms with E-state index in [0.717, 1.165) is 22.4 Å². The number of carbonyl (C=O) groups excluding carboxylic acids is 1. The number of hydrogen-bond donors (Lipinski definition) is 1. The molecule has 0 aliphatic carbocycles. The molecule has 1 amide bonds. The fraction of sp³-hybridized carbons (Fsp3) is 0.278. The van der Waals surface area contributed by atoms with Crippen molar-refractivity contribution in [2.24, 2.45) is 0 Å². The van der Waals surface area contributed by atoms with Crippen LogP contribution in [0.4, 0.5) is 5.69 Å². The molecule has 0 radical (unpaired) electrons. The zero-order valence-electron chi connectivity index (χ0n) is 13.5. The summed E-state index contributed by atoms with van der Waals surface area (Å²) in [6, 6.07) is 11.3. The Kier molecular flexibility index (Phi) is 4.71. The number of rotatable bonds is 4. The second-order valence-electron chi connectivity index (χ2n) is 5.54. The molecule has 0 saturated carbocycles. The topological polar surface area (TPSA) is 55.6 Å². The highest BCUT2D eigenvalue weighted by molar-refractivity contribution is 5.96. The van der Waals surface area contributed by atoms with E-state index in [1.165, 1.54) is 0 Å². The maximum Gasteiger partial charge on any atom is 0.254 e. The molecular formula is C18H22N2O2. The molecule has 0 heterocycles. The molecule has 0 aliphatic heterocycles. The predicted molar refractivity (Wildman–Crippen MR) is 89.1 cm³/mol. The second-order valence-corrected chi connectivity index (χ2v) is 5.54. The van der Waals surface area contributed by atoms with Gasteiger partial charge >= 0.3 is 0 Å². The molecule has 22 heavy (non-hydrogen) atoms. The molecule has 0 bridgehead atoms. The van der Waals surface area contributed by atoms with Crippen molar-refractivity contribution in [3.63, 3.8) is 0 Å². The first-order valence-electron chi connectivity index (χ1n) is 7.17. The van der Waals surface area contributed by atoms with E-state index in [-0.39, 0.29) is 5.91 Å². The zero-order valence-corrected chi connectivity index (χ0v) is 13.5. The van der Waals surface area contributed by atoms with Gasteiger partial charge in [0.25, 0.3) is 5.91 Å². The Hall–Kier alpha value is -2.49. The van der Waals surface area contributed by atoms with Gasteiger partial charge in [0.2, 0.25) is 0 Å². The van der Waals surface area contributed by atoms with Gasteiger partial charge < -0.3 is 15.4 Å². The summed E-state index contributed by atoms with van der Waals surface area (Å²) in [5.41, 5.74) is 10.1. The lowest BCUT2D eigenvalue weighted by Crippen LogP contribution is -2.27. The van der Waals surface area contributed by atoms with E-state index in [0.29, 0.717) is 17.8 Å².